The van der Waals surface area contributed by atoms with Gasteiger partial charge in [-0.1, -0.05) is 63.9 Å². The normalized spacial score (nSPS) is 12.7. The highest BCUT2D eigenvalue weighted by molar-refractivity contribution is 9.09. The topological polar surface area (TPSA) is 13.1 Å². The molecule has 0 bridgehead atoms. The molecular weight excluding hydrogens is 324 g/mol. The second kappa shape index (κ2) is 5.40. The summed E-state index contributed by atoms with van der Waals surface area (Å²) in [4.78, 5) is 0.191. The molecule has 1 unspecified atom stereocenters. The van der Waals surface area contributed by atoms with Gasteiger partial charge in [0.1, 0.15) is 5.58 Å². The predicted octanol–water partition coefficient (Wildman–Crippen LogP) is 5.76. The van der Waals surface area contributed by atoms with Crippen LogP contribution in [0.5, 0.6) is 0 Å². The van der Waals surface area contributed by atoms with E-state index in [1.54, 1.807) is 0 Å². The molecule has 1 nitrogen and oxygen atoms in total. The number of para-hydroxylation sites is 1. The minimum absolute atomic E-state index is 0.191. The molecule has 0 fully saturated rings. The maximum Gasteiger partial charge on any atom is 0.134 e. The molecule has 0 amide bonds. The highest BCUT2D eigenvalue weighted by Gasteiger charge is 2.15. The predicted molar refractivity (Wildman–Crippen MR) is 83.0 cm³/mol. The van der Waals surface area contributed by atoms with Gasteiger partial charge in [-0.25, -0.2) is 0 Å². The third-order valence-corrected chi connectivity index (χ3v) is 4.39. The molecule has 1 aromatic heterocycles. The Labute approximate surface area is 125 Å². The van der Waals surface area contributed by atoms with Crippen LogP contribution in [0.1, 0.15) is 16.0 Å². The number of fused-ring (bicyclic) bond motifs is 1. The Bertz CT molecular complexity index is 705. The molecule has 0 N–H and O–H groups in total. The van der Waals surface area contributed by atoms with Gasteiger partial charge in [0.25, 0.3) is 0 Å². The number of alkyl halides is 1. The molecule has 0 spiro atoms. The minimum Gasteiger partial charge on any atom is -0.464 e. The first-order valence-electron chi connectivity index (χ1n) is 6.09. The summed E-state index contributed by atoms with van der Waals surface area (Å²) in [6, 6.07) is 16.0. The van der Waals surface area contributed by atoms with Crippen LogP contribution in [0.2, 0.25) is 5.02 Å². The summed E-state index contributed by atoms with van der Waals surface area (Å²) in [5.74, 6) is 0. The van der Waals surface area contributed by atoms with Crippen LogP contribution in [0, 0.1) is 0 Å². The van der Waals surface area contributed by atoms with Gasteiger partial charge in [0.15, 0.2) is 0 Å². The Kier molecular flexibility index (Phi) is 3.63. The van der Waals surface area contributed by atoms with Gasteiger partial charge < -0.3 is 4.42 Å². The van der Waals surface area contributed by atoms with Crippen molar-refractivity contribution in [3.05, 3.63) is 70.9 Å². The van der Waals surface area contributed by atoms with Crippen LogP contribution >= 0.6 is 27.5 Å². The van der Waals surface area contributed by atoms with Crippen LogP contribution in [0.15, 0.2) is 59.2 Å². The lowest BCUT2D eigenvalue weighted by Gasteiger charge is -2.09. The van der Waals surface area contributed by atoms with Gasteiger partial charge in [-0.3, -0.25) is 0 Å². The Balaban J connectivity index is 1.92. The van der Waals surface area contributed by atoms with Crippen LogP contribution in [0.3, 0.4) is 0 Å². The Morgan fingerprint density at radius 2 is 1.79 bits per heavy atom. The van der Waals surface area contributed by atoms with E-state index in [4.69, 9.17) is 16.0 Å². The first-order valence-corrected chi connectivity index (χ1v) is 7.38. The van der Waals surface area contributed by atoms with Crippen molar-refractivity contribution in [2.24, 2.45) is 0 Å². The van der Waals surface area contributed by atoms with E-state index in [0.717, 1.165) is 33.5 Å². The van der Waals surface area contributed by atoms with Crippen LogP contribution in [0.25, 0.3) is 11.0 Å². The van der Waals surface area contributed by atoms with E-state index < -0.39 is 0 Å². The summed E-state index contributed by atoms with van der Waals surface area (Å²) in [5.41, 5.74) is 3.22. The van der Waals surface area contributed by atoms with Crippen LogP contribution in [-0.4, -0.2) is 0 Å². The fourth-order valence-corrected chi connectivity index (χ4v) is 3.12. The van der Waals surface area contributed by atoms with Crippen LogP contribution in [0.4, 0.5) is 0 Å². The third-order valence-electron chi connectivity index (χ3n) is 3.21. The van der Waals surface area contributed by atoms with Gasteiger partial charge in [-0.05, 0) is 24.1 Å². The summed E-state index contributed by atoms with van der Waals surface area (Å²) in [7, 11) is 0. The number of benzene rings is 2. The lowest BCUT2D eigenvalue weighted by atomic mass is 10.0. The van der Waals surface area contributed by atoms with Crippen molar-refractivity contribution >= 4 is 38.5 Å². The zero-order valence-corrected chi connectivity index (χ0v) is 12.5. The van der Waals surface area contributed by atoms with E-state index in [1.165, 1.54) is 0 Å². The molecule has 19 heavy (non-hydrogen) atoms. The molecule has 0 aliphatic carbocycles. The average molecular weight is 336 g/mol. The zero-order chi connectivity index (χ0) is 13.2. The molecule has 0 aliphatic rings. The fourth-order valence-electron chi connectivity index (χ4n) is 2.21. The molecular formula is C16H12BrClO. The first-order chi connectivity index (χ1) is 9.25. The largest absolute Gasteiger partial charge is 0.464 e. The Morgan fingerprint density at radius 3 is 2.63 bits per heavy atom. The molecule has 96 valence electrons. The van der Waals surface area contributed by atoms with E-state index in [-0.39, 0.29) is 4.83 Å². The molecule has 0 aliphatic heterocycles. The highest BCUT2D eigenvalue weighted by Crippen LogP contribution is 2.35. The Morgan fingerprint density at radius 1 is 1.05 bits per heavy atom. The first kappa shape index (κ1) is 12.8. The van der Waals surface area contributed by atoms with E-state index in [0.29, 0.717) is 0 Å². The van der Waals surface area contributed by atoms with Gasteiger partial charge in [0, 0.05) is 20.8 Å². The van der Waals surface area contributed by atoms with Gasteiger partial charge in [0.2, 0.25) is 0 Å². The van der Waals surface area contributed by atoms with Crippen molar-refractivity contribution in [1.29, 1.82) is 0 Å². The number of halogens is 2. The van der Waals surface area contributed by atoms with Crippen molar-refractivity contribution < 1.29 is 4.42 Å². The number of furan rings is 1. The number of rotatable bonds is 3. The summed E-state index contributed by atoms with van der Waals surface area (Å²) in [5, 5.41) is 1.95. The van der Waals surface area contributed by atoms with E-state index >= 15 is 0 Å². The smallest absolute Gasteiger partial charge is 0.134 e. The van der Waals surface area contributed by atoms with E-state index in [2.05, 4.69) is 28.1 Å². The maximum atomic E-state index is 6.20. The summed E-state index contributed by atoms with van der Waals surface area (Å²) in [6.45, 7) is 0. The number of hydrogen-bond acceptors (Lipinski definition) is 1. The third kappa shape index (κ3) is 2.56. The van der Waals surface area contributed by atoms with Gasteiger partial charge in [0.05, 0.1) is 6.26 Å². The molecule has 2 aromatic carbocycles. The molecule has 1 heterocycles. The standard InChI is InChI=1S/C16H12BrClO/c17-14(9-11-5-1-3-7-15(11)18)13-10-19-16-8-4-2-6-12(13)16/h1-8,10,14H,9H2. The summed E-state index contributed by atoms with van der Waals surface area (Å²) in [6.07, 6.45) is 2.66. The monoisotopic (exact) mass is 334 g/mol. The SMILES string of the molecule is Clc1ccccc1CC(Br)c1coc2ccccc12. The fraction of sp³-hybridized carbons (Fsp3) is 0.125. The second-order valence-electron chi connectivity index (χ2n) is 4.45. The Hall–Kier alpha value is -1.25. The second-order valence-corrected chi connectivity index (χ2v) is 5.96. The van der Waals surface area contributed by atoms with Gasteiger partial charge in [-0.15, -0.1) is 0 Å². The molecule has 0 saturated heterocycles. The van der Waals surface area contributed by atoms with Crippen LogP contribution in [-0.2, 0) is 6.42 Å². The quantitative estimate of drug-likeness (QED) is 0.554. The minimum atomic E-state index is 0.191. The summed E-state index contributed by atoms with van der Waals surface area (Å²) >= 11 is 9.94. The van der Waals surface area contributed by atoms with Crippen LogP contribution < -0.4 is 0 Å². The van der Waals surface area contributed by atoms with E-state index in [9.17, 15) is 0 Å². The lowest BCUT2D eigenvalue weighted by molar-refractivity contribution is 0.610. The number of hydrogen-bond donors (Lipinski definition) is 0. The van der Waals surface area contributed by atoms with Gasteiger partial charge in [-0.2, -0.15) is 0 Å². The van der Waals surface area contributed by atoms with Crippen molar-refractivity contribution in [3.8, 4) is 0 Å². The van der Waals surface area contributed by atoms with Crippen molar-refractivity contribution in [2.75, 3.05) is 0 Å². The van der Waals surface area contributed by atoms with Crippen molar-refractivity contribution in [3.63, 3.8) is 0 Å². The molecule has 0 saturated carbocycles. The maximum absolute atomic E-state index is 6.20. The molecule has 3 rings (SSSR count). The lowest BCUT2D eigenvalue weighted by Crippen LogP contribution is -1.95. The molecule has 3 heteroatoms. The molecule has 0 radical (unpaired) electrons. The molecule has 3 aromatic rings. The van der Waals surface area contributed by atoms with Gasteiger partial charge >= 0.3 is 0 Å². The summed E-state index contributed by atoms with van der Waals surface area (Å²) < 4.78 is 5.58. The average Bonchev–Trinajstić information content (AvgIpc) is 2.85. The van der Waals surface area contributed by atoms with Crippen molar-refractivity contribution in [1.82, 2.24) is 0 Å². The highest BCUT2D eigenvalue weighted by atomic mass is 79.9. The van der Waals surface area contributed by atoms with Crippen molar-refractivity contribution in [2.45, 2.75) is 11.2 Å². The molecule has 1 atom stereocenters. The van der Waals surface area contributed by atoms with E-state index in [1.807, 2.05) is 42.7 Å². The zero-order valence-electron chi connectivity index (χ0n) is 10.1.